The minimum absolute atomic E-state index is 0.280. The molecule has 0 bridgehead atoms. The number of aryl methyl sites for hydroxylation is 1. The van der Waals surface area contributed by atoms with E-state index in [1.54, 1.807) is 12.1 Å². The summed E-state index contributed by atoms with van der Waals surface area (Å²) in [4.78, 5) is 25.9. The van der Waals surface area contributed by atoms with Crippen LogP contribution in [0.2, 0.25) is 10.0 Å². The largest absolute Gasteiger partial charge is 0.492 e. The van der Waals surface area contributed by atoms with E-state index in [2.05, 4.69) is 5.32 Å². The predicted octanol–water partition coefficient (Wildman–Crippen LogP) is 3.90. The molecule has 0 saturated heterocycles. The van der Waals surface area contributed by atoms with Gasteiger partial charge in [-0.25, -0.2) is 0 Å². The second kappa shape index (κ2) is 7.56. The fourth-order valence-corrected chi connectivity index (χ4v) is 3.54. The molecule has 1 heterocycles. The molecule has 2 aromatic rings. The Kier molecular flexibility index (Phi) is 5.39. The van der Waals surface area contributed by atoms with Crippen LogP contribution in [0.15, 0.2) is 36.4 Å². The number of benzene rings is 2. The lowest BCUT2D eigenvalue weighted by atomic mass is 10.1. The molecule has 0 aliphatic carbocycles. The molecule has 0 spiro atoms. The van der Waals surface area contributed by atoms with Crippen LogP contribution in [-0.4, -0.2) is 25.0 Å². The Bertz CT molecular complexity index is 870. The summed E-state index contributed by atoms with van der Waals surface area (Å²) in [5, 5.41) is 3.44. The Morgan fingerprint density at radius 2 is 1.96 bits per heavy atom. The van der Waals surface area contributed by atoms with Crippen LogP contribution in [0.1, 0.15) is 24.1 Å². The van der Waals surface area contributed by atoms with E-state index < -0.39 is 6.04 Å². The van der Waals surface area contributed by atoms with E-state index in [4.69, 9.17) is 27.9 Å². The molecular formula is C19H18Cl2N2O3. The molecule has 1 N–H and O–H groups in total. The number of anilines is 1. The molecule has 1 atom stereocenters. The summed E-state index contributed by atoms with van der Waals surface area (Å²) in [7, 11) is 0. The molecule has 7 heteroatoms. The van der Waals surface area contributed by atoms with Crippen molar-refractivity contribution in [2.75, 3.05) is 18.1 Å². The molecule has 0 saturated carbocycles. The van der Waals surface area contributed by atoms with Crippen molar-refractivity contribution in [1.82, 2.24) is 5.32 Å². The average Bonchev–Trinajstić information content (AvgIpc) is 2.85. The molecule has 5 nitrogen and oxygen atoms in total. The molecule has 0 aromatic heterocycles. The van der Waals surface area contributed by atoms with Crippen molar-refractivity contribution in [2.45, 2.75) is 19.9 Å². The van der Waals surface area contributed by atoms with Gasteiger partial charge in [0.1, 0.15) is 18.4 Å². The Balaban J connectivity index is 1.82. The van der Waals surface area contributed by atoms with Crippen molar-refractivity contribution in [1.29, 1.82) is 0 Å². The van der Waals surface area contributed by atoms with Gasteiger partial charge in [0.15, 0.2) is 0 Å². The molecule has 136 valence electrons. The van der Waals surface area contributed by atoms with Crippen LogP contribution in [0.3, 0.4) is 0 Å². The normalized spacial score (nSPS) is 15.8. The van der Waals surface area contributed by atoms with Crippen molar-refractivity contribution in [2.24, 2.45) is 0 Å². The third-order valence-corrected chi connectivity index (χ3v) is 4.74. The zero-order chi connectivity index (χ0) is 18.8. The molecule has 1 aliphatic rings. The zero-order valence-corrected chi connectivity index (χ0v) is 15.9. The van der Waals surface area contributed by atoms with E-state index in [0.717, 1.165) is 11.3 Å². The highest BCUT2D eigenvalue weighted by Crippen LogP contribution is 2.44. The van der Waals surface area contributed by atoms with E-state index in [9.17, 15) is 9.59 Å². The number of fused-ring (bicyclic) bond motifs is 1. The smallest absolute Gasteiger partial charge is 0.254 e. The molecule has 0 unspecified atom stereocenters. The van der Waals surface area contributed by atoms with Gasteiger partial charge in [-0.2, -0.15) is 0 Å². The Labute approximate surface area is 161 Å². The second-order valence-corrected chi connectivity index (χ2v) is 6.89. The summed E-state index contributed by atoms with van der Waals surface area (Å²) in [6.45, 7) is 3.90. The van der Waals surface area contributed by atoms with Gasteiger partial charge in [-0.15, -0.1) is 0 Å². The zero-order valence-electron chi connectivity index (χ0n) is 14.4. The van der Waals surface area contributed by atoms with Crippen molar-refractivity contribution >= 4 is 40.7 Å². The maximum atomic E-state index is 12.8. The van der Waals surface area contributed by atoms with Crippen LogP contribution in [-0.2, 0) is 9.59 Å². The average molecular weight is 393 g/mol. The fraction of sp³-hybridized carbons (Fsp3) is 0.263. The fourth-order valence-electron chi connectivity index (χ4n) is 3.01. The minimum Gasteiger partial charge on any atom is -0.492 e. The summed E-state index contributed by atoms with van der Waals surface area (Å²) in [5.74, 6) is 0.133. The van der Waals surface area contributed by atoms with Crippen LogP contribution in [0.25, 0.3) is 0 Å². The number of amides is 2. The maximum Gasteiger partial charge on any atom is 0.254 e. The SMILES string of the molecule is CC(=O)N[C@@H]1C(=O)N(CCOc2cccc(C)c2)c2c(Cl)ccc(Cl)c21. The van der Waals surface area contributed by atoms with Gasteiger partial charge in [-0.1, -0.05) is 35.3 Å². The van der Waals surface area contributed by atoms with Gasteiger partial charge in [0.2, 0.25) is 5.91 Å². The number of halogens is 2. The highest BCUT2D eigenvalue weighted by molar-refractivity contribution is 6.38. The van der Waals surface area contributed by atoms with Crippen LogP contribution >= 0.6 is 23.2 Å². The van der Waals surface area contributed by atoms with Crippen LogP contribution in [0, 0.1) is 6.92 Å². The topological polar surface area (TPSA) is 58.6 Å². The third kappa shape index (κ3) is 3.64. The van der Waals surface area contributed by atoms with Gasteiger partial charge < -0.3 is 15.0 Å². The Hall–Kier alpha value is -2.24. The van der Waals surface area contributed by atoms with E-state index in [-0.39, 0.29) is 25.0 Å². The van der Waals surface area contributed by atoms with Gasteiger partial charge in [0, 0.05) is 17.5 Å². The summed E-state index contributed by atoms with van der Waals surface area (Å²) < 4.78 is 5.74. The molecule has 0 radical (unpaired) electrons. The number of rotatable bonds is 5. The molecule has 3 rings (SSSR count). The molecular weight excluding hydrogens is 375 g/mol. The first kappa shape index (κ1) is 18.5. The first-order valence-electron chi connectivity index (χ1n) is 8.14. The lowest BCUT2D eigenvalue weighted by Gasteiger charge is -2.19. The van der Waals surface area contributed by atoms with Crippen molar-refractivity contribution in [3.63, 3.8) is 0 Å². The van der Waals surface area contributed by atoms with Crippen LogP contribution < -0.4 is 15.0 Å². The monoisotopic (exact) mass is 392 g/mol. The Morgan fingerprint density at radius 1 is 1.23 bits per heavy atom. The van der Waals surface area contributed by atoms with Crippen molar-refractivity contribution < 1.29 is 14.3 Å². The van der Waals surface area contributed by atoms with Crippen LogP contribution in [0.5, 0.6) is 5.75 Å². The van der Waals surface area contributed by atoms with Gasteiger partial charge in [0.05, 0.1) is 17.3 Å². The highest BCUT2D eigenvalue weighted by Gasteiger charge is 2.40. The van der Waals surface area contributed by atoms with E-state index in [0.29, 0.717) is 21.3 Å². The minimum atomic E-state index is -0.840. The third-order valence-electron chi connectivity index (χ3n) is 4.11. The van der Waals surface area contributed by atoms with Crippen LogP contribution in [0.4, 0.5) is 5.69 Å². The van der Waals surface area contributed by atoms with Gasteiger partial charge in [0.25, 0.3) is 5.91 Å². The number of hydrogen-bond acceptors (Lipinski definition) is 3. The summed E-state index contributed by atoms with van der Waals surface area (Å²) >= 11 is 12.6. The number of nitrogens with zero attached hydrogens (tertiary/aromatic N) is 1. The molecule has 2 amide bonds. The first-order chi connectivity index (χ1) is 12.4. The molecule has 0 fully saturated rings. The number of carbonyl (C=O) groups is 2. The van der Waals surface area contributed by atoms with E-state index in [1.165, 1.54) is 11.8 Å². The van der Waals surface area contributed by atoms with Gasteiger partial charge in [-0.3, -0.25) is 9.59 Å². The molecule has 2 aromatic carbocycles. The lowest BCUT2D eigenvalue weighted by Crippen LogP contribution is -2.38. The second-order valence-electron chi connectivity index (χ2n) is 6.08. The Morgan fingerprint density at radius 3 is 2.65 bits per heavy atom. The summed E-state index contributed by atoms with van der Waals surface area (Å²) in [6.07, 6.45) is 0. The quantitative estimate of drug-likeness (QED) is 0.838. The lowest BCUT2D eigenvalue weighted by molar-refractivity contribution is -0.126. The maximum absolute atomic E-state index is 12.8. The molecule has 1 aliphatic heterocycles. The summed E-state index contributed by atoms with van der Waals surface area (Å²) in [6, 6.07) is 10.1. The number of carbonyl (C=O) groups excluding carboxylic acids is 2. The van der Waals surface area contributed by atoms with Crippen molar-refractivity contribution in [3.05, 3.63) is 57.6 Å². The standard InChI is InChI=1S/C19H18Cl2N2O3/c1-11-4-3-5-13(10-11)26-9-8-23-18-15(21)7-6-14(20)16(18)17(19(23)25)22-12(2)24/h3-7,10,17H,8-9H2,1-2H3,(H,22,24)/t17-/m0/s1. The molecule has 26 heavy (non-hydrogen) atoms. The number of hydrogen-bond donors (Lipinski definition) is 1. The van der Waals surface area contributed by atoms with Crippen molar-refractivity contribution in [3.8, 4) is 5.75 Å². The van der Waals surface area contributed by atoms with E-state index >= 15 is 0 Å². The predicted molar refractivity (Wildman–Crippen MR) is 102 cm³/mol. The first-order valence-corrected chi connectivity index (χ1v) is 8.90. The highest BCUT2D eigenvalue weighted by atomic mass is 35.5. The van der Waals surface area contributed by atoms with Gasteiger partial charge in [-0.05, 0) is 36.8 Å². The van der Waals surface area contributed by atoms with Gasteiger partial charge >= 0.3 is 0 Å². The summed E-state index contributed by atoms with van der Waals surface area (Å²) in [5.41, 5.74) is 2.14. The number of nitrogens with one attached hydrogen (secondary N) is 1. The van der Waals surface area contributed by atoms with E-state index in [1.807, 2.05) is 31.2 Å². The number of ether oxygens (including phenoxy) is 1.